The molecule has 3 rings (SSSR count). The summed E-state index contributed by atoms with van der Waals surface area (Å²) in [6, 6.07) is 9.00. The summed E-state index contributed by atoms with van der Waals surface area (Å²) in [6.45, 7) is 0. The highest BCUT2D eigenvalue weighted by Gasteiger charge is 2.48. The Morgan fingerprint density at radius 2 is 1.86 bits per heavy atom. The maximum atomic E-state index is 12.9. The summed E-state index contributed by atoms with van der Waals surface area (Å²) in [4.78, 5) is 7.90. The van der Waals surface area contributed by atoms with Gasteiger partial charge in [0.2, 0.25) is 0 Å². The van der Waals surface area contributed by atoms with Crippen LogP contribution in [0, 0.1) is 0 Å². The fourth-order valence-corrected chi connectivity index (χ4v) is 2.92. The van der Waals surface area contributed by atoms with Crippen molar-refractivity contribution in [2.75, 3.05) is 0 Å². The van der Waals surface area contributed by atoms with E-state index in [9.17, 15) is 18.3 Å². The molecular formula is C16H15F3N2O. The third kappa shape index (κ3) is 2.47. The molecule has 0 saturated heterocycles. The first-order chi connectivity index (χ1) is 10.4. The van der Waals surface area contributed by atoms with E-state index in [1.54, 1.807) is 30.5 Å². The number of aromatic nitrogens is 2. The Labute approximate surface area is 125 Å². The second-order valence-corrected chi connectivity index (χ2v) is 5.57. The quantitative estimate of drug-likeness (QED) is 0.941. The van der Waals surface area contributed by atoms with E-state index in [0.717, 1.165) is 12.5 Å². The standard InChI is InChI=1S/C16H15F3N2O/c17-16(18,19)13-7-3-6-12(21-13)15(8-4-9-15)14(22)11-5-1-2-10-20-11/h1-3,5-7,10,14,22H,4,8-9H2/t14-/m1/s1. The Morgan fingerprint density at radius 3 is 2.41 bits per heavy atom. The minimum Gasteiger partial charge on any atom is -0.386 e. The maximum absolute atomic E-state index is 12.9. The molecule has 1 N–H and O–H groups in total. The topological polar surface area (TPSA) is 46.0 Å². The molecule has 0 spiro atoms. The van der Waals surface area contributed by atoms with Crippen LogP contribution in [-0.2, 0) is 11.6 Å². The second kappa shape index (κ2) is 5.35. The first-order valence-electron chi connectivity index (χ1n) is 7.07. The molecule has 6 heteroatoms. The van der Waals surface area contributed by atoms with Gasteiger partial charge in [0.15, 0.2) is 0 Å². The molecule has 1 saturated carbocycles. The zero-order valence-corrected chi connectivity index (χ0v) is 11.7. The van der Waals surface area contributed by atoms with Crippen molar-refractivity contribution in [2.45, 2.75) is 37.0 Å². The van der Waals surface area contributed by atoms with Gasteiger partial charge in [-0.3, -0.25) is 4.98 Å². The van der Waals surface area contributed by atoms with E-state index in [4.69, 9.17) is 0 Å². The molecule has 1 fully saturated rings. The average molecular weight is 308 g/mol. The smallest absolute Gasteiger partial charge is 0.386 e. The predicted octanol–water partition coefficient (Wildman–Crippen LogP) is 3.65. The number of pyridine rings is 2. The van der Waals surface area contributed by atoms with Gasteiger partial charge in [0.05, 0.1) is 11.4 Å². The fraction of sp³-hybridized carbons (Fsp3) is 0.375. The van der Waals surface area contributed by atoms with Crippen LogP contribution in [0.4, 0.5) is 13.2 Å². The third-order valence-electron chi connectivity index (χ3n) is 4.29. The number of rotatable bonds is 3. The third-order valence-corrected chi connectivity index (χ3v) is 4.29. The monoisotopic (exact) mass is 308 g/mol. The fourth-order valence-electron chi connectivity index (χ4n) is 2.92. The number of halogens is 3. The molecule has 22 heavy (non-hydrogen) atoms. The summed E-state index contributed by atoms with van der Waals surface area (Å²) in [7, 11) is 0. The van der Waals surface area contributed by atoms with Crippen LogP contribution in [0.2, 0.25) is 0 Å². The minimum absolute atomic E-state index is 0.284. The van der Waals surface area contributed by atoms with E-state index in [2.05, 4.69) is 9.97 Å². The molecule has 3 nitrogen and oxygen atoms in total. The van der Waals surface area contributed by atoms with Gasteiger partial charge in [-0.15, -0.1) is 0 Å². The Hall–Kier alpha value is -1.95. The van der Waals surface area contributed by atoms with Crippen molar-refractivity contribution < 1.29 is 18.3 Å². The highest BCUT2D eigenvalue weighted by atomic mass is 19.4. The van der Waals surface area contributed by atoms with Crippen LogP contribution < -0.4 is 0 Å². The highest BCUT2D eigenvalue weighted by molar-refractivity contribution is 5.29. The molecule has 0 radical (unpaired) electrons. The normalized spacial score (nSPS) is 18.5. The summed E-state index contributed by atoms with van der Waals surface area (Å²) in [5.41, 5.74) is -0.965. The molecule has 0 bridgehead atoms. The lowest BCUT2D eigenvalue weighted by atomic mass is 9.62. The van der Waals surface area contributed by atoms with E-state index >= 15 is 0 Å². The minimum atomic E-state index is -4.49. The van der Waals surface area contributed by atoms with E-state index in [1.807, 2.05) is 0 Å². The van der Waals surface area contributed by atoms with Gasteiger partial charge < -0.3 is 5.11 Å². The van der Waals surface area contributed by atoms with E-state index in [1.165, 1.54) is 6.07 Å². The Morgan fingerprint density at radius 1 is 1.09 bits per heavy atom. The second-order valence-electron chi connectivity index (χ2n) is 5.57. The number of nitrogens with zero attached hydrogens (tertiary/aromatic N) is 2. The van der Waals surface area contributed by atoms with Crippen molar-refractivity contribution >= 4 is 0 Å². The van der Waals surface area contributed by atoms with Gasteiger partial charge >= 0.3 is 6.18 Å². The number of aliphatic hydroxyl groups excluding tert-OH is 1. The van der Waals surface area contributed by atoms with Gasteiger partial charge in [-0.1, -0.05) is 18.6 Å². The molecule has 1 aliphatic rings. The van der Waals surface area contributed by atoms with Gasteiger partial charge in [-0.05, 0) is 37.1 Å². The molecule has 2 heterocycles. The van der Waals surface area contributed by atoms with E-state index in [0.29, 0.717) is 18.5 Å². The van der Waals surface area contributed by atoms with E-state index in [-0.39, 0.29) is 5.69 Å². The van der Waals surface area contributed by atoms with Gasteiger partial charge in [0.25, 0.3) is 0 Å². The van der Waals surface area contributed by atoms with Gasteiger partial charge in [-0.2, -0.15) is 13.2 Å². The summed E-state index contributed by atoms with van der Waals surface area (Å²) < 4.78 is 38.6. The van der Waals surface area contributed by atoms with Crippen LogP contribution in [0.1, 0.15) is 42.4 Å². The van der Waals surface area contributed by atoms with Crippen molar-refractivity contribution in [3.8, 4) is 0 Å². The maximum Gasteiger partial charge on any atom is 0.433 e. The van der Waals surface area contributed by atoms with Crippen LogP contribution in [0.15, 0.2) is 42.6 Å². The Balaban J connectivity index is 2.00. The SMILES string of the molecule is O[C@H](c1ccccn1)C1(c2cccc(C(F)(F)F)n2)CCC1. The van der Waals surface area contributed by atoms with Crippen molar-refractivity contribution in [1.29, 1.82) is 0 Å². The molecule has 2 aromatic heterocycles. The molecule has 1 atom stereocenters. The lowest BCUT2D eigenvalue weighted by Crippen LogP contribution is -2.42. The van der Waals surface area contributed by atoms with Gasteiger partial charge in [0.1, 0.15) is 11.8 Å². The molecule has 1 aliphatic carbocycles. The van der Waals surface area contributed by atoms with Crippen molar-refractivity contribution in [1.82, 2.24) is 9.97 Å². The van der Waals surface area contributed by atoms with Crippen molar-refractivity contribution in [3.63, 3.8) is 0 Å². The van der Waals surface area contributed by atoms with Crippen LogP contribution in [0.5, 0.6) is 0 Å². The molecule has 2 aromatic rings. The largest absolute Gasteiger partial charge is 0.433 e. The van der Waals surface area contributed by atoms with Crippen molar-refractivity contribution in [3.05, 3.63) is 59.7 Å². The highest BCUT2D eigenvalue weighted by Crippen LogP contribution is 2.51. The molecule has 0 amide bonds. The summed E-state index contributed by atoms with van der Waals surface area (Å²) in [5, 5.41) is 10.7. The van der Waals surface area contributed by atoms with Crippen molar-refractivity contribution in [2.24, 2.45) is 0 Å². The molecular weight excluding hydrogens is 293 g/mol. The zero-order valence-electron chi connectivity index (χ0n) is 11.7. The van der Waals surface area contributed by atoms with E-state index < -0.39 is 23.4 Å². The molecule has 0 aromatic carbocycles. The molecule has 116 valence electrons. The van der Waals surface area contributed by atoms with Gasteiger partial charge in [0, 0.05) is 11.6 Å². The lowest BCUT2D eigenvalue weighted by molar-refractivity contribution is -0.141. The van der Waals surface area contributed by atoms with Gasteiger partial charge in [-0.25, -0.2) is 4.98 Å². The molecule has 0 unspecified atom stereocenters. The molecule has 0 aliphatic heterocycles. The van der Waals surface area contributed by atoms with Crippen LogP contribution in [-0.4, -0.2) is 15.1 Å². The number of hydrogen-bond acceptors (Lipinski definition) is 3. The Kier molecular flexibility index (Phi) is 3.64. The first kappa shape index (κ1) is 15.0. The summed E-state index contributed by atoms with van der Waals surface area (Å²) >= 11 is 0. The van der Waals surface area contributed by atoms with Crippen LogP contribution >= 0.6 is 0 Å². The summed E-state index contributed by atoms with van der Waals surface area (Å²) in [6.07, 6.45) is -1.85. The average Bonchev–Trinajstić information content (AvgIpc) is 2.46. The number of aliphatic hydroxyl groups is 1. The Bertz CT molecular complexity index is 654. The predicted molar refractivity (Wildman–Crippen MR) is 74.0 cm³/mol. The lowest BCUT2D eigenvalue weighted by Gasteiger charge is -2.44. The number of hydrogen-bond donors (Lipinski definition) is 1. The summed E-state index contributed by atoms with van der Waals surface area (Å²) in [5.74, 6) is 0. The zero-order chi connectivity index (χ0) is 15.8. The van der Waals surface area contributed by atoms with Crippen LogP contribution in [0.25, 0.3) is 0 Å². The number of alkyl halides is 3. The first-order valence-corrected chi connectivity index (χ1v) is 7.07. The van der Waals surface area contributed by atoms with Crippen LogP contribution in [0.3, 0.4) is 0 Å².